The van der Waals surface area contributed by atoms with Crippen LogP contribution in [0.15, 0.2) is 24.3 Å². The van der Waals surface area contributed by atoms with Crippen molar-refractivity contribution < 1.29 is 9.47 Å². The quantitative estimate of drug-likeness (QED) is 0.878. The Morgan fingerprint density at radius 2 is 1.81 bits per heavy atom. The highest BCUT2D eigenvalue weighted by Crippen LogP contribution is 2.32. The number of benzene rings is 1. The van der Waals surface area contributed by atoms with Crippen molar-refractivity contribution in [2.45, 2.75) is 26.3 Å². The predicted octanol–water partition coefficient (Wildman–Crippen LogP) is 3.89. The molecule has 2 aromatic rings. The van der Waals surface area contributed by atoms with Crippen molar-refractivity contribution in [3.63, 3.8) is 0 Å². The molecule has 1 aromatic carbocycles. The number of rotatable bonds is 6. The van der Waals surface area contributed by atoms with E-state index < -0.39 is 0 Å². The van der Waals surface area contributed by atoms with Gasteiger partial charge in [0.15, 0.2) is 11.5 Å². The van der Waals surface area contributed by atoms with Gasteiger partial charge in [-0.2, -0.15) is 0 Å². The van der Waals surface area contributed by atoms with E-state index in [1.54, 1.807) is 14.2 Å². The van der Waals surface area contributed by atoms with E-state index in [2.05, 4.69) is 37.4 Å². The first-order chi connectivity index (χ1) is 10.1. The molecule has 1 unspecified atom stereocenters. The molecule has 0 saturated heterocycles. The minimum Gasteiger partial charge on any atom is -0.493 e. The van der Waals surface area contributed by atoms with Gasteiger partial charge in [-0.1, -0.05) is 6.07 Å². The van der Waals surface area contributed by atoms with Crippen LogP contribution in [-0.2, 0) is 6.42 Å². The zero-order chi connectivity index (χ0) is 15.4. The summed E-state index contributed by atoms with van der Waals surface area (Å²) in [6.45, 7) is 4.34. The average Bonchev–Trinajstić information content (AvgIpc) is 2.83. The minimum absolute atomic E-state index is 0.321. The van der Waals surface area contributed by atoms with Gasteiger partial charge in [-0.25, -0.2) is 0 Å². The van der Waals surface area contributed by atoms with E-state index in [0.717, 1.165) is 17.9 Å². The molecule has 1 N–H and O–H groups in total. The standard InChI is InChI=1S/C17H23NO2S/c1-11-8-12(2)21-17(11)14(18-3)9-13-6-7-15(19-4)16(10-13)20-5/h6-8,10,14,18H,9H2,1-5H3. The third-order valence-electron chi connectivity index (χ3n) is 3.63. The van der Waals surface area contributed by atoms with Gasteiger partial charge < -0.3 is 14.8 Å². The average molecular weight is 305 g/mol. The van der Waals surface area contributed by atoms with Crippen molar-refractivity contribution in [2.24, 2.45) is 0 Å². The maximum atomic E-state index is 5.38. The topological polar surface area (TPSA) is 30.5 Å². The van der Waals surface area contributed by atoms with Gasteiger partial charge >= 0.3 is 0 Å². The molecule has 1 atom stereocenters. The third kappa shape index (κ3) is 3.57. The second-order valence-electron chi connectivity index (χ2n) is 5.14. The molecule has 3 nitrogen and oxygen atoms in total. The monoisotopic (exact) mass is 305 g/mol. The number of hydrogen-bond acceptors (Lipinski definition) is 4. The molecule has 0 aliphatic carbocycles. The molecule has 1 heterocycles. The largest absolute Gasteiger partial charge is 0.493 e. The Bertz CT molecular complexity index is 607. The zero-order valence-corrected chi connectivity index (χ0v) is 14.1. The Morgan fingerprint density at radius 1 is 1.10 bits per heavy atom. The summed E-state index contributed by atoms with van der Waals surface area (Å²) in [5.41, 5.74) is 2.59. The first-order valence-electron chi connectivity index (χ1n) is 7.04. The Labute approximate surface area is 130 Å². The summed E-state index contributed by atoms with van der Waals surface area (Å²) in [7, 11) is 5.34. The SMILES string of the molecule is CNC(Cc1ccc(OC)c(OC)c1)c1sc(C)cc1C. The van der Waals surface area contributed by atoms with E-state index in [0.29, 0.717) is 6.04 Å². The lowest BCUT2D eigenvalue weighted by molar-refractivity contribution is 0.354. The smallest absolute Gasteiger partial charge is 0.160 e. The van der Waals surface area contributed by atoms with Crippen LogP contribution in [0.2, 0.25) is 0 Å². The maximum Gasteiger partial charge on any atom is 0.160 e. The van der Waals surface area contributed by atoms with Crippen LogP contribution in [0.1, 0.15) is 26.9 Å². The number of ether oxygens (including phenoxy) is 2. The van der Waals surface area contributed by atoms with E-state index >= 15 is 0 Å². The summed E-state index contributed by atoms with van der Waals surface area (Å²) in [6, 6.07) is 8.69. The second kappa shape index (κ2) is 6.96. The first-order valence-corrected chi connectivity index (χ1v) is 7.85. The van der Waals surface area contributed by atoms with E-state index in [1.165, 1.54) is 20.9 Å². The Kier molecular flexibility index (Phi) is 5.26. The number of nitrogens with one attached hydrogen (secondary N) is 1. The van der Waals surface area contributed by atoms with Crippen molar-refractivity contribution in [3.8, 4) is 11.5 Å². The molecule has 0 fully saturated rings. The van der Waals surface area contributed by atoms with E-state index in [-0.39, 0.29) is 0 Å². The van der Waals surface area contributed by atoms with Crippen LogP contribution < -0.4 is 14.8 Å². The number of hydrogen-bond donors (Lipinski definition) is 1. The Balaban J connectivity index is 2.24. The molecule has 0 saturated carbocycles. The van der Waals surface area contributed by atoms with Crippen molar-refractivity contribution >= 4 is 11.3 Å². The van der Waals surface area contributed by atoms with Crippen molar-refractivity contribution in [3.05, 3.63) is 45.1 Å². The lowest BCUT2D eigenvalue weighted by Crippen LogP contribution is -2.18. The summed E-state index contributed by atoms with van der Waals surface area (Å²) < 4.78 is 10.7. The lowest BCUT2D eigenvalue weighted by atomic mass is 10.0. The Morgan fingerprint density at radius 3 is 2.33 bits per heavy atom. The summed E-state index contributed by atoms with van der Waals surface area (Å²) in [5, 5.41) is 3.43. The van der Waals surface area contributed by atoms with E-state index in [9.17, 15) is 0 Å². The molecule has 4 heteroatoms. The van der Waals surface area contributed by atoms with E-state index in [4.69, 9.17) is 9.47 Å². The maximum absolute atomic E-state index is 5.38. The number of likely N-dealkylation sites (N-methyl/N-ethyl adjacent to an activating group) is 1. The highest BCUT2D eigenvalue weighted by atomic mass is 32.1. The summed E-state index contributed by atoms with van der Waals surface area (Å²) in [6.07, 6.45) is 0.928. The van der Waals surface area contributed by atoms with Gasteiger partial charge in [-0.3, -0.25) is 0 Å². The highest BCUT2D eigenvalue weighted by Gasteiger charge is 2.16. The van der Waals surface area contributed by atoms with Crippen LogP contribution in [0.3, 0.4) is 0 Å². The van der Waals surface area contributed by atoms with Crippen LogP contribution in [0.4, 0.5) is 0 Å². The molecule has 0 spiro atoms. The Hall–Kier alpha value is -1.52. The first kappa shape index (κ1) is 15.9. The molecule has 114 valence electrons. The van der Waals surface area contributed by atoms with Gasteiger partial charge in [0, 0.05) is 15.8 Å². The van der Waals surface area contributed by atoms with Crippen molar-refractivity contribution in [1.29, 1.82) is 0 Å². The van der Waals surface area contributed by atoms with Gasteiger partial charge in [-0.05, 0) is 56.6 Å². The molecule has 0 aliphatic heterocycles. The van der Waals surface area contributed by atoms with Crippen molar-refractivity contribution in [2.75, 3.05) is 21.3 Å². The van der Waals surface area contributed by atoms with E-state index in [1.807, 2.05) is 24.5 Å². The van der Waals surface area contributed by atoms with Crippen LogP contribution >= 0.6 is 11.3 Å². The lowest BCUT2D eigenvalue weighted by Gasteiger charge is -2.17. The number of methoxy groups -OCH3 is 2. The fraction of sp³-hybridized carbons (Fsp3) is 0.412. The fourth-order valence-corrected chi connectivity index (χ4v) is 3.72. The second-order valence-corrected chi connectivity index (χ2v) is 6.43. The van der Waals surface area contributed by atoms with Gasteiger partial charge in [0.05, 0.1) is 14.2 Å². The molecular weight excluding hydrogens is 282 g/mol. The van der Waals surface area contributed by atoms with Gasteiger partial charge in [-0.15, -0.1) is 11.3 Å². The molecule has 0 aliphatic rings. The van der Waals surface area contributed by atoms with Gasteiger partial charge in [0.25, 0.3) is 0 Å². The molecular formula is C17H23NO2S. The van der Waals surface area contributed by atoms with Crippen LogP contribution in [0, 0.1) is 13.8 Å². The molecule has 21 heavy (non-hydrogen) atoms. The minimum atomic E-state index is 0.321. The van der Waals surface area contributed by atoms with Gasteiger partial charge in [0.1, 0.15) is 0 Å². The van der Waals surface area contributed by atoms with Crippen LogP contribution in [0.5, 0.6) is 11.5 Å². The fourth-order valence-electron chi connectivity index (χ4n) is 2.57. The predicted molar refractivity (Wildman–Crippen MR) is 88.8 cm³/mol. The normalized spacial score (nSPS) is 12.2. The summed E-state index contributed by atoms with van der Waals surface area (Å²) >= 11 is 1.87. The van der Waals surface area contributed by atoms with Crippen molar-refractivity contribution in [1.82, 2.24) is 5.32 Å². The molecule has 0 bridgehead atoms. The third-order valence-corrected chi connectivity index (χ3v) is 4.90. The van der Waals surface area contributed by atoms with Gasteiger partial charge in [0.2, 0.25) is 0 Å². The zero-order valence-electron chi connectivity index (χ0n) is 13.3. The molecule has 1 aromatic heterocycles. The highest BCUT2D eigenvalue weighted by molar-refractivity contribution is 7.12. The van der Waals surface area contributed by atoms with Crippen LogP contribution in [0.25, 0.3) is 0 Å². The summed E-state index contributed by atoms with van der Waals surface area (Å²) in [4.78, 5) is 2.76. The molecule has 2 rings (SSSR count). The summed E-state index contributed by atoms with van der Waals surface area (Å²) in [5.74, 6) is 1.55. The number of aryl methyl sites for hydroxylation is 2. The molecule has 0 radical (unpaired) electrons. The van der Waals surface area contributed by atoms with Crippen LogP contribution in [-0.4, -0.2) is 21.3 Å². The molecule has 0 amide bonds. The number of thiophene rings is 1.